The van der Waals surface area contributed by atoms with Crippen molar-refractivity contribution in [1.29, 1.82) is 0 Å². The molecule has 0 atom stereocenters. The molecule has 1 amide bonds. The first-order chi connectivity index (χ1) is 14.6. The topological polar surface area (TPSA) is 85.8 Å². The molecule has 0 unspecified atom stereocenters. The molecule has 4 aromatic rings. The second kappa shape index (κ2) is 7.88. The van der Waals surface area contributed by atoms with Crippen LogP contribution in [0.25, 0.3) is 11.0 Å². The Morgan fingerprint density at radius 1 is 1.30 bits per heavy atom. The van der Waals surface area contributed by atoms with E-state index in [4.69, 9.17) is 4.42 Å². The summed E-state index contributed by atoms with van der Waals surface area (Å²) in [6.07, 6.45) is 4.25. The highest BCUT2D eigenvalue weighted by molar-refractivity contribution is 8.00. The molecule has 3 heterocycles. The lowest BCUT2D eigenvalue weighted by atomic mass is 10.1. The number of furan rings is 1. The molecule has 1 saturated carbocycles. The van der Waals surface area contributed by atoms with E-state index in [-0.39, 0.29) is 5.91 Å². The van der Waals surface area contributed by atoms with E-state index < -0.39 is 0 Å². The summed E-state index contributed by atoms with van der Waals surface area (Å²) >= 11 is 3.11. The molecule has 0 spiro atoms. The van der Waals surface area contributed by atoms with E-state index in [1.54, 1.807) is 29.3 Å². The number of carbonyl (C=O) groups is 1. The third kappa shape index (κ3) is 3.87. The SMILES string of the molecule is Cc1nnc(SCc2c(C(=O)Nc3c(C)cnn3CC3CC3)oc3ccccc23)s1. The number of amides is 1. The zero-order valence-electron chi connectivity index (χ0n) is 16.7. The van der Waals surface area contributed by atoms with Gasteiger partial charge in [-0.3, -0.25) is 4.79 Å². The van der Waals surface area contributed by atoms with Gasteiger partial charge in [-0.15, -0.1) is 10.2 Å². The van der Waals surface area contributed by atoms with E-state index >= 15 is 0 Å². The Balaban J connectivity index is 1.44. The zero-order chi connectivity index (χ0) is 20.7. The van der Waals surface area contributed by atoms with Gasteiger partial charge in [-0.05, 0) is 38.7 Å². The molecule has 30 heavy (non-hydrogen) atoms. The number of carbonyl (C=O) groups excluding carboxylic acids is 1. The number of fused-ring (bicyclic) bond motifs is 1. The zero-order valence-corrected chi connectivity index (χ0v) is 18.3. The van der Waals surface area contributed by atoms with Gasteiger partial charge in [-0.25, -0.2) is 4.68 Å². The normalized spacial score (nSPS) is 13.8. The Labute approximate surface area is 181 Å². The van der Waals surface area contributed by atoms with Crippen LogP contribution in [0.3, 0.4) is 0 Å². The van der Waals surface area contributed by atoms with Gasteiger partial charge >= 0.3 is 0 Å². The smallest absolute Gasteiger partial charge is 0.292 e. The Morgan fingerprint density at radius 2 is 2.13 bits per heavy atom. The second-order valence-corrected chi connectivity index (χ2v) is 9.94. The number of rotatable bonds is 7. The second-order valence-electron chi connectivity index (χ2n) is 7.54. The van der Waals surface area contributed by atoms with E-state index in [0.717, 1.165) is 38.2 Å². The van der Waals surface area contributed by atoms with E-state index in [9.17, 15) is 4.79 Å². The molecule has 1 aliphatic rings. The molecule has 0 bridgehead atoms. The Hall–Kier alpha value is -2.65. The molecule has 0 saturated heterocycles. The number of aromatic nitrogens is 4. The molecule has 1 N–H and O–H groups in total. The van der Waals surface area contributed by atoms with Crippen LogP contribution in [-0.2, 0) is 12.3 Å². The van der Waals surface area contributed by atoms with E-state index in [1.165, 1.54) is 12.8 Å². The number of hydrogen-bond acceptors (Lipinski definition) is 7. The number of nitrogens with one attached hydrogen (secondary N) is 1. The lowest BCUT2D eigenvalue weighted by molar-refractivity contribution is 0.0996. The predicted molar refractivity (Wildman–Crippen MR) is 118 cm³/mol. The maximum Gasteiger partial charge on any atom is 0.292 e. The van der Waals surface area contributed by atoms with Crippen molar-refractivity contribution in [2.24, 2.45) is 5.92 Å². The van der Waals surface area contributed by atoms with Crippen molar-refractivity contribution in [1.82, 2.24) is 20.0 Å². The summed E-state index contributed by atoms with van der Waals surface area (Å²) in [5.41, 5.74) is 2.52. The van der Waals surface area contributed by atoms with Crippen molar-refractivity contribution >= 4 is 45.8 Å². The summed E-state index contributed by atoms with van der Waals surface area (Å²) in [5.74, 6) is 2.06. The molecule has 7 nitrogen and oxygen atoms in total. The van der Waals surface area contributed by atoms with Crippen LogP contribution < -0.4 is 5.32 Å². The third-order valence-electron chi connectivity index (χ3n) is 5.13. The molecule has 0 aliphatic heterocycles. The van der Waals surface area contributed by atoms with Gasteiger partial charge in [0.2, 0.25) is 0 Å². The maximum absolute atomic E-state index is 13.2. The number of para-hydroxylation sites is 1. The summed E-state index contributed by atoms with van der Waals surface area (Å²) in [7, 11) is 0. The molecule has 1 aliphatic carbocycles. The van der Waals surface area contributed by atoms with E-state index in [1.807, 2.05) is 42.8 Å². The Morgan fingerprint density at radius 3 is 2.90 bits per heavy atom. The molecular formula is C21H21N5O2S2. The van der Waals surface area contributed by atoms with Crippen molar-refractivity contribution in [3.63, 3.8) is 0 Å². The van der Waals surface area contributed by atoms with Crippen LogP contribution in [-0.4, -0.2) is 25.9 Å². The molecule has 3 aromatic heterocycles. The van der Waals surface area contributed by atoms with Crippen molar-refractivity contribution < 1.29 is 9.21 Å². The first-order valence-electron chi connectivity index (χ1n) is 9.85. The summed E-state index contributed by atoms with van der Waals surface area (Å²) in [6.45, 7) is 4.73. The highest BCUT2D eigenvalue weighted by Crippen LogP contribution is 2.34. The molecule has 0 radical (unpaired) electrons. The predicted octanol–water partition coefficient (Wildman–Crippen LogP) is 5.05. The first kappa shape index (κ1) is 19.3. The number of benzene rings is 1. The monoisotopic (exact) mass is 439 g/mol. The Bertz CT molecular complexity index is 1220. The number of hydrogen-bond donors (Lipinski definition) is 1. The minimum Gasteiger partial charge on any atom is -0.451 e. The number of nitrogens with zero attached hydrogens (tertiary/aromatic N) is 4. The fraction of sp³-hybridized carbons (Fsp3) is 0.333. The summed E-state index contributed by atoms with van der Waals surface area (Å²) in [6, 6.07) is 7.74. The first-order valence-corrected chi connectivity index (χ1v) is 11.7. The van der Waals surface area contributed by atoms with Gasteiger partial charge in [0.1, 0.15) is 16.4 Å². The fourth-order valence-electron chi connectivity index (χ4n) is 3.39. The van der Waals surface area contributed by atoms with Gasteiger partial charge in [0.15, 0.2) is 10.1 Å². The van der Waals surface area contributed by atoms with Crippen LogP contribution in [0, 0.1) is 19.8 Å². The van der Waals surface area contributed by atoms with Crippen LogP contribution in [0.5, 0.6) is 0 Å². The van der Waals surface area contributed by atoms with Crippen molar-refractivity contribution in [3.05, 3.63) is 52.4 Å². The highest BCUT2D eigenvalue weighted by atomic mass is 32.2. The average molecular weight is 440 g/mol. The molecule has 9 heteroatoms. The van der Waals surface area contributed by atoms with Gasteiger partial charge < -0.3 is 9.73 Å². The van der Waals surface area contributed by atoms with Gasteiger partial charge in [-0.2, -0.15) is 5.10 Å². The standard InChI is InChI=1S/C21H21N5O2S2/c1-12-9-22-26(10-14-7-8-14)19(12)23-20(27)18-16(11-29-21-25-24-13(2)30-21)15-5-3-4-6-17(15)28-18/h3-6,9,14H,7-8,10-11H2,1-2H3,(H,23,27). The molecule has 1 fully saturated rings. The lowest BCUT2D eigenvalue weighted by Crippen LogP contribution is -2.17. The summed E-state index contributed by atoms with van der Waals surface area (Å²) in [4.78, 5) is 13.2. The molecule has 5 rings (SSSR count). The Kier molecular flexibility index (Phi) is 5.08. The van der Waals surface area contributed by atoms with E-state index in [2.05, 4.69) is 20.6 Å². The largest absolute Gasteiger partial charge is 0.451 e. The van der Waals surface area contributed by atoms with Crippen molar-refractivity contribution in [2.75, 3.05) is 5.32 Å². The van der Waals surface area contributed by atoms with Crippen LogP contribution in [0.1, 0.15) is 39.5 Å². The highest BCUT2D eigenvalue weighted by Gasteiger charge is 2.26. The molecular weight excluding hydrogens is 418 g/mol. The number of aryl methyl sites for hydroxylation is 2. The third-order valence-corrected chi connectivity index (χ3v) is 7.13. The van der Waals surface area contributed by atoms with Crippen LogP contribution in [0.2, 0.25) is 0 Å². The van der Waals surface area contributed by atoms with Crippen molar-refractivity contribution in [2.45, 2.75) is 43.3 Å². The average Bonchev–Trinajstić information content (AvgIpc) is 3.19. The lowest BCUT2D eigenvalue weighted by Gasteiger charge is -2.09. The number of thioether (sulfide) groups is 1. The van der Waals surface area contributed by atoms with Crippen LogP contribution >= 0.6 is 23.1 Å². The van der Waals surface area contributed by atoms with Gasteiger partial charge in [0, 0.05) is 28.8 Å². The van der Waals surface area contributed by atoms with Crippen LogP contribution in [0.15, 0.2) is 39.2 Å². The summed E-state index contributed by atoms with van der Waals surface area (Å²) in [5, 5.41) is 17.6. The minimum absolute atomic E-state index is 0.254. The van der Waals surface area contributed by atoms with Gasteiger partial charge in [-0.1, -0.05) is 41.3 Å². The van der Waals surface area contributed by atoms with Gasteiger partial charge in [0.25, 0.3) is 5.91 Å². The van der Waals surface area contributed by atoms with Crippen molar-refractivity contribution in [3.8, 4) is 0 Å². The van der Waals surface area contributed by atoms with Crippen LogP contribution in [0.4, 0.5) is 5.82 Å². The fourth-order valence-corrected chi connectivity index (χ4v) is 5.23. The maximum atomic E-state index is 13.2. The molecule has 154 valence electrons. The van der Waals surface area contributed by atoms with Gasteiger partial charge in [0.05, 0.1) is 6.20 Å². The summed E-state index contributed by atoms with van der Waals surface area (Å²) < 4.78 is 8.76. The van der Waals surface area contributed by atoms with E-state index in [0.29, 0.717) is 23.0 Å². The minimum atomic E-state index is -0.254. The number of anilines is 1. The molecule has 1 aromatic carbocycles. The quantitative estimate of drug-likeness (QED) is 0.406.